The highest BCUT2D eigenvalue weighted by atomic mass is 16.8. The Morgan fingerprint density at radius 2 is 0.375 bits per heavy atom. The number of esters is 16. The van der Waals surface area contributed by atoms with Crippen LogP contribution in [-0.2, 0) is 171 Å². The molecule has 0 aliphatic carbocycles. The standard InChI is InChI=1S/C100H102N4O40/c1-45(105)121-41-77-85(125-49(5)109)89(129-53(9)113)93(133-57(13)117)97(141-77)137-65-25-17-61(18-26-65)81-69-33-35-71(101-69)82(62-19-27-66(28-20-62)138-98-94(134-58(14)118)90(130-54(10)114)86(126-50(6)110)78(142-98)42-122-46(2)106)73-37-39-75(103-73)84(64-23-31-68(32-24-64)140-100-96(136-60(16)120)92(132-56(12)116)88(128-52(8)112)80(144-100)44-124-48(4)108)76-40-38-74(104-76)83(72-36-34-70(81)102-72)63-21-29-67(30-22-63)139-99-95(135-59(15)119)91(131-55(11)115)87(127-51(7)111)79(143-99)43-123-47(3)107/h17-40,77-80,85-101,104H,41-44H2,1-16H3/t77-,78-,79-,80-,85-,86-,87-,88-,89+,90+,91+,92+,93-,94-,95-,96-,97-,98-,99-,100-/m1/s1. The SMILES string of the molecule is CC(=O)OC[C@H]1O[C@@H](Oc2ccc(-c3c4nc(c(-c5ccc(O[C@@H]6O[C@H](COC(C)=O)[C@@H](OC(C)=O)[C@H](OC(C)=O)[C@H]6OC(C)=O)cc5)c5ccc([nH]5)c(-c5ccc(O[C@@H]6O[C@H](COC(C)=O)[C@@H](OC(C)=O)[C@H](OC(C)=O)[C@H]6OC(C)=O)cc5)c5nc(c(-c6ccc(O[C@@H]7O[C@H](COC(C)=O)[C@@H](OC(C)=O)[C@H](OC(C)=O)[C@H]7OC(C)=O)cc6)c6ccc3[nH]6)C=C5)C=C4)cc2)[C@H](OC(C)=O)[C@@H](OC(C)=O)[C@@H]1OC(C)=O. The second kappa shape index (κ2) is 46.6. The largest absolute Gasteiger partial charge is 0.463 e. The summed E-state index contributed by atoms with van der Waals surface area (Å²) in [6.07, 6.45) is -24.2. The summed E-state index contributed by atoms with van der Waals surface area (Å²) < 4.78 is 141. The third-order valence-corrected chi connectivity index (χ3v) is 22.1. The average Bonchev–Trinajstić information content (AvgIpc) is 1.67. The number of carbonyl (C=O) groups excluding carboxylic acids is 16. The number of hydrogen-bond acceptors (Lipinski definition) is 42. The number of benzene rings is 4. The van der Waals surface area contributed by atoms with Crippen LogP contribution in [0.15, 0.2) is 121 Å². The third-order valence-electron chi connectivity index (χ3n) is 22.1. The topological polar surface area (TPSA) is 552 Å². The molecule has 4 aromatic carbocycles. The van der Waals surface area contributed by atoms with Gasteiger partial charge >= 0.3 is 95.5 Å². The Hall–Kier alpha value is -16.0. The van der Waals surface area contributed by atoms with Crippen LogP contribution in [0.1, 0.15) is 134 Å². The van der Waals surface area contributed by atoms with Crippen LogP contribution >= 0.6 is 0 Å². The van der Waals surface area contributed by atoms with E-state index in [1.165, 1.54) is 0 Å². The summed E-state index contributed by atoms with van der Waals surface area (Å²) >= 11 is 0. The number of aromatic amines is 2. The highest BCUT2D eigenvalue weighted by molar-refractivity contribution is 6.00. The lowest BCUT2D eigenvalue weighted by atomic mass is 9.98. The van der Waals surface area contributed by atoms with Gasteiger partial charge in [0.05, 0.1) is 22.8 Å². The Bertz CT molecular complexity index is 5560. The number of rotatable bonds is 32. The van der Waals surface area contributed by atoms with Gasteiger partial charge in [-0.05, 0) is 119 Å². The summed E-state index contributed by atoms with van der Waals surface area (Å²) in [5.74, 6) is -13.3. The molecule has 20 atom stereocenters. The predicted octanol–water partition coefficient (Wildman–Crippen LogP) is 9.17. The number of aromatic nitrogens is 4. The maximum absolute atomic E-state index is 13.0. The molecule has 4 saturated heterocycles. The van der Waals surface area contributed by atoms with Gasteiger partial charge in [-0.1, -0.05) is 48.5 Å². The van der Waals surface area contributed by atoms with Crippen molar-refractivity contribution in [3.8, 4) is 67.5 Å². The molecule has 7 aromatic rings. The van der Waals surface area contributed by atoms with Crippen LogP contribution in [0.3, 0.4) is 0 Å². The summed E-state index contributed by atoms with van der Waals surface area (Å²) in [5.41, 5.74) is 6.28. The first-order chi connectivity index (χ1) is 68.5. The van der Waals surface area contributed by atoms with Gasteiger partial charge in [-0.3, -0.25) is 76.7 Å². The van der Waals surface area contributed by atoms with Crippen LogP contribution in [-0.4, -0.2) is 265 Å². The molecule has 9 heterocycles. The van der Waals surface area contributed by atoms with Crippen molar-refractivity contribution in [1.29, 1.82) is 0 Å². The fourth-order valence-electron chi connectivity index (χ4n) is 16.9. The molecule has 44 nitrogen and oxygen atoms in total. The van der Waals surface area contributed by atoms with E-state index in [0.29, 0.717) is 89.4 Å². The Morgan fingerprint density at radius 1 is 0.215 bits per heavy atom. The Balaban J connectivity index is 1.02. The minimum Gasteiger partial charge on any atom is -0.463 e. The number of hydrogen-bond donors (Lipinski definition) is 2. The van der Waals surface area contributed by atoms with Gasteiger partial charge in [0.2, 0.25) is 49.6 Å². The van der Waals surface area contributed by atoms with E-state index in [1.54, 1.807) is 146 Å². The molecule has 0 unspecified atom stereocenters. The molecule has 144 heavy (non-hydrogen) atoms. The first-order valence-corrected chi connectivity index (χ1v) is 44.9. The molecule has 762 valence electrons. The molecule has 6 aliphatic heterocycles. The van der Waals surface area contributed by atoms with E-state index in [-0.39, 0.29) is 23.0 Å². The molecule has 0 amide bonds. The van der Waals surface area contributed by atoms with E-state index >= 15 is 0 Å². The van der Waals surface area contributed by atoms with Crippen molar-refractivity contribution >= 4 is 142 Å². The van der Waals surface area contributed by atoms with E-state index in [4.69, 9.17) is 124 Å². The van der Waals surface area contributed by atoms with Crippen LogP contribution in [0.2, 0.25) is 0 Å². The fourth-order valence-corrected chi connectivity index (χ4v) is 16.9. The summed E-state index contributed by atoms with van der Waals surface area (Å²) in [6, 6.07) is 32.8. The van der Waals surface area contributed by atoms with E-state index in [0.717, 1.165) is 111 Å². The molecular formula is C100H102N4O40. The first-order valence-electron chi connectivity index (χ1n) is 44.9. The van der Waals surface area contributed by atoms with Crippen molar-refractivity contribution in [1.82, 2.24) is 19.9 Å². The zero-order valence-corrected chi connectivity index (χ0v) is 80.5. The van der Waals surface area contributed by atoms with Crippen LogP contribution in [0.4, 0.5) is 0 Å². The Kier molecular flexibility index (Phi) is 34.1. The number of H-pyrrole nitrogens is 2. The smallest absolute Gasteiger partial charge is 0.303 e. The van der Waals surface area contributed by atoms with Crippen molar-refractivity contribution in [2.75, 3.05) is 26.4 Å². The Morgan fingerprint density at radius 3 is 0.535 bits per heavy atom. The zero-order valence-electron chi connectivity index (χ0n) is 80.5. The van der Waals surface area contributed by atoms with Crippen molar-refractivity contribution in [2.45, 2.75) is 234 Å². The second-order valence-corrected chi connectivity index (χ2v) is 33.3. The molecule has 6 aliphatic rings. The third kappa shape index (κ3) is 26.6. The van der Waals surface area contributed by atoms with E-state index in [2.05, 4.69) is 9.97 Å². The summed E-state index contributed by atoms with van der Waals surface area (Å²) in [4.78, 5) is 222. The van der Waals surface area contributed by atoms with Gasteiger partial charge in [-0.25, -0.2) is 9.97 Å². The van der Waals surface area contributed by atoms with Gasteiger partial charge < -0.3 is 124 Å². The molecule has 0 radical (unpaired) electrons. The normalized spacial score (nSPS) is 23.9. The second-order valence-electron chi connectivity index (χ2n) is 33.3. The quantitative estimate of drug-likeness (QED) is 0.0293. The van der Waals surface area contributed by atoms with Gasteiger partial charge in [0.15, 0.2) is 48.8 Å². The monoisotopic (exact) mass is 2000 g/mol. The number of nitrogens with zero attached hydrogens (tertiary/aromatic N) is 2. The van der Waals surface area contributed by atoms with Gasteiger partial charge in [0.25, 0.3) is 0 Å². The van der Waals surface area contributed by atoms with Crippen LogP contribution in [0, 0.1) is 0 Å². The van der Waals surface area contributed by atoms with Crippen molar-refractivity contribution in [3.05, 3.63) is 144 Å². The molecule has 44 heteroatoms. The van der Waals surface area contributed by atoms with E-state index < -0.39 is 245 Å². The minimum absolute atomic E-state index is 0.0514. The predicted molar refractivity (Wildman–Crippen MR) is 491 cm³/mol. The van der Waals surface area contributed by atoms with Crippen LogP contribution in [0.25, 0.3) is 90.9 Å². The average molecular weight is 2000 g/mol. The van der Waals surface area contributed by atoms with Gasteiger partial charge in [0, 0.05) is 155 Å². The van der Waals surface area contributed by atoms with E-state index in [1.807, 2.05) is 0 Å². The van der Waals surface area contributed by atoms with Crippen LogP contribution < -0.4 is 18.9 Å². The van der Waals surface area contributed by atoms with Gasteiger partial charge in [-0.15, -0.1) is 0 Å². The highest BCUT2D eigenvalue weighted by Crippen LogP contribution is 2.44. The molecule has 8 bridgehead atoms. The lowest BCUT2D eigenvalue weighted by Crippen LogP contribution is -2.63. The van der Waals surface area contributed by atoms with Gasteiger partial charge in [0.1, 0.15) is 73.8 Å². The lowest BCUT2D eigenvalue weighted by Gasteiger charge is -2.43. The number of nitrogens with one attached hydrogen (secondary N) is 2. The molecule has 13 rings (SSSR count). The Labute approximate surface area is 820 Å². The number of ether oxygens (including phenoxy) is 24. The van der Waals surface area contributed by atoms with Crippen molar-refractivity contribution < 1.29 is 190 Å². The molecule has 3 aromatic heterocycles. The van der Waals surface area contributed by atoms with Crippen molar-refractivity contribution in [2.24, 2.45) is 0 Å². The lowest BCUT2D eigenvalue weighted by molar-refractivity contribution is -0.288. The maximum Gasteiger partial charge on any atom is 0.303 e. The number of fused-ring (bicyclic) bond motifs is 8. The number of carbonyl (C=O) groups is 16. The first kappa shape index (κ1) is 105. The molecule has 4 fully saturated rings. The molecular weight excluding hydrogens is 1900 g/mol. The summed E-state index contributed by atoms with van der Waals surface area (Å²) in [6.45, 7) is 15.2. The minimum atomic E-state index is -1.66. The summed E-state index contributed by atoms with van der Waals surface area (Å²) in [7, 11) is 0. The molecule has 2 N–H and O–H groups in total. The summed E-state index contributed by atoms with van der Waals surface area (Å²) in [5, 5.41) is 0. The van der Waals surface area contributed by atoms with Gasteiger partial charge in [-0.2, -0.15) is 0 Å². The maximum atomic E-state index is 13.0. The van der Waals surface area contributed by atoms with Crippen molar-refractivity contribution in [3.63, 3.8) is 0 Å². The highest BCUT2D eigenvalue weighted by Gasteiger charge is 2.58. The molecule has 0 saturated carbocycles. The van der Waals surface area contributed by atoms with E-state index in [9.17, 15) is 76.7 Å². The fraction of sp³-hybridized carbons (Fsp3) is 0.400. The van der Waals surface area contributed by atoms with Crippen LogP contribution in [0.5, 0.6) is 23.0 Å². The molecule has 0 spiro atoms. The zero-order chi connectivity index (χ0) is 104.